The van der Waals surface area contributed by atoms with Gasteiger partial charge < -0.3 is 15.3 Å². The fourth-order valence-corrected chi connectivity index (χ4v) is 2.86. The largest absolute Gasteiger partial charge is 0.396 e. The Morgan fingerprint density at radius 1 is 1.38 bits per heavy atom. The number of nitrogens with one attached hydrogen (secondary N) is 1. The molecule has 0 unspecified atom stereocenters. The first kappa shape index (κ1) is 16.5. The number of amides is 2. The Labute approximate surface area is 142 Å². The molecule has 0 spiro atoms. The van der Waals surface area contributed by atoms with Crippen molar-refractivity contribution in [1.29, 1.82) is 0 Å². The quantitative estimate of drug-likeness (QED) is 0.853. The standard InChI is InChI=1S/C18H24N4O2/c1-14-7-10-22(20-14)16-6-4-3-5-15(16)11-19-17(24)21(2)12-18(13-23)8-9-18/h3-7,10,23H,8-9,11-13H2,1-2H3,(H,19,24). The monoisotopic (exact) mass is 328 g/mol. The van der Waals surface area contributed by atoms with Crippen molar-refractivity contribution in [2.45, 2.75) is 26.3 Å². The van der Waals surface area contributed by atoms with Crippen LogP contribution in [0.4, 0.5) is 4.79 Å². The molecule has 2 amide bonds. The number of hydrogen-bond donors (Lipinski definition) is 2. The van der Waals surface area contributed by atoms with Gasteiger partial charge in [0.1, 0.15) is 0 Å². The number of aliphatic hydroxyl groups is 1. The number of para-hydroxylation sites is 1. The third kappa shape index (κ3) is 3.59. The van der Waals surface area contributed by atoms with E-state index in [1.807, 2.05) is 48.1 Å². The molecule has 6 heteroatoms. The van der Waals surface area contributed by atoms with Crippen LogP contribution < -0.4 is 5.32 Å². The number of carbonyl (C=O) groups excluding carboxylic acids is 1. The zero-order valence-electron chi connectivity index (χ0n) is 14.2. The fraction of sp³-hybridized carbons (Fsp3) is 0.444. The zero-order valence-corrected chi connectivity index (χ0v) is 14.2. The van der Waals surface area contributed by atoms with Gasteiger partial charge in [0.2, 0.25) is 0 Å². The first-order chi connectivity index (χ1) is 11.5. The minimum absolute atomic E-state index is 0.0728. The first-order valence-corrected chi connectivity index (χ1v) is 8.23. The predicted octanol–water partition coefficient (Wildman–Crippen LogP) is 2.09. The SMILES string of the molecule is Cc1ccn(-c2ccccc2CNC(=O)N(C)CC2(CO)CC2)n1. The third-order valence-electron chi connectivity index (χ3n) is 4.60. The van der Waals surface area contributed by atoms with Gasteiger partial charge in [-0.1, -0.05) is 18.2 Å². The smallest absolute Gasteiger partial charge is 0.317 e. The Morgan fingerprint density at radius 2 is 2.12 bits per heavy atom. The number of urea groups is 1. The molecule has 0 aliphatic heterocycles. The lowest BCUT2D eigenvalue weighted by atomic mass is 10.1. The topological polar surface area (TPSA) is 70.4 Å². The van der Waals surface area contributed by atoms with Crippen LogP contribution in [0.15, 0.2) is 36.5 Å². The fourth-order valence-electron chi connectivity index (χ4n) is 2.86. The summed E-state index contributed by atoms with van der Waals surface area (Å²) in [6.07, 6.45) is 3.89. The van der Waals surface area contributed by atoms with Crippen LogP contribution in [0.5, 0.6) is 0 Å². The molecule has 1 aromatic carbocycles. The Kier molecular flexibility index (Phi) is 4.57. The molecule has 1 fully saturated rings. The van der Waals surface area contributed by atoms with Crippen LogP contribution in [0.25, 0.3) is 5.69 Å². The van der Waals surface area contributed by atoms with E-state index in [0.29, 0.717) is 13.1 Å². The van der Waals surface area contributed by atoms with E-state index < -0.39 is 0 Å². The van der Waals surface area contributed by atoms with Crippen LogP contribution in [0.1, 0.15) is 24.1 Å². The highest BCUT2D eigenvalue weighted by Gasteiger charge is 2.43. The maximum atomic E-state index is 12.3. The van der Waals surface area contributed by atoms with Gasteiger partial charge in [-0.3, -0.25) is 0 Å². The highest BCUT2D eigenvalue weighted by molar-refractivity contribution is 5.74. The maximum absolute atomic E-state index is 12.3. The van der Waals surface area contributed by atoms with Crippen molar-refractivity contribution in [1.82, 2.24) is 20.0 Å². The molecule has 2 aromatic rings. The average molecular weight is 328 g/mol. The number of aliphatic hydroxyl groups excluding tert-OH is 1. The Balaban J connectivity index is 1.63. The Bertz CT molecular complexity index is 721. The lowest BCUT2D eigenvalue weighted by Crippen LogP contribution is -2.40. The Morgan fingerprint density at radius 3 is 2.75 bits per heavy atom. The molecule has 1 heterocycles. The number of aromatic nitrogens is 2. The van der Waals surface area contributed by atoms with E-state index in [0.717, 1.165) is 29.8 Å². The lowest BCUT2D eigenvalue weighted by molar-refractivity contribution is 0.161. The molecule has 0 atom stereocenters. The van der Waals surface area contributed by atoms with Crippen LogP contribution in [-0.4, -0.2) is 46.0 Å². The van der Waals surface area contributed by atoms with Crippen molar-refractivity contribution >= 4 is 6.03 Å². The zero-order chi connectivity index (χ0) is 17.2. The van der Waals surface area contributed by atoms with Crippen molar-refractivity contribution in [3.63, 3.8) is 0 Å². The minimum atomic E-state index is -0.124. The van der Waals surface area contributed by atoms with E-state index in [1.165, 1.54) is 0 Å². The van der Waals surface area contributed by atoms with Gasteiger partial charge in [0.05, 0.1) is 18.0 Å². The predicted molar refractivity (Wildman–Crippen MR) is 91.9 cm³/mol. The van der Waals surface area contributed by atoms with Crippen molar-refractivity contribution in [3.8, 4) is 5.69 Å². The van der Waals surface area contributed by atoms with E-state index in [4.69, 9.17) is 0 Å². The van der Waals surface area contributed by atoms with Crippen LogP contribution in [0.3, 0.4) is 0 Å². The number of nitrogens with zero attached hydrogens (tertiary/aromatic N) is 3. The summed E-state index contributed by atoms with van der Waals surface area (Å²) in [5, 5.41) is 16.8. The van der Waals surface area contributed by atoms with Gasteiger partial charge >= 0.3 is 6.03 Å². The van der Waals surface area contributed by atoms with Gasteiger partial charge in [0.25, 0.3) is 0 Å². The van der Waals surface area contributed by atoms with Gasteiger partial charge in [-0.2, -0.15) is 5.10 Å². The molecule has 24 heavy (non-hydrogen) atoms. The molecule has 0 saturated heterocycles. The van der Waals surface area contributed by atoms with E-state index in [1.54, 1.807) is 11.9 Å². The summed E-state index contributed by atoms with van der Waals surface area (Å²) in [5.74, 6) is 0. The van der Waals surface area contributed by atoms with Crippen molar-refractivity contribution in [3.05, 3.63) is 47.8 Å². The second-order valence-corrected chi connectivity index (χ2v) is 6.70. The number of benzene rings is 1. The number of aryl methyl sites for hydroxylation is 1. The molecule has 1 saturated carbocycles. The third-order valence-corrected chi connectivity index (χ3v) is 4.60. The normalized spacial score (nSPS) is 15.1. The molecule has 1 aliphatic rings. The van der Waals surface area contributed by atoms with Gasteiger partial charge in [0, 0.05) is 31.7 Å². The van der Waals surface area contributed by atoms with Crippen LogP contribution in [-0.2, 0) is 6.54 Å². The van der Waals surface area contributed by atoms with Gasteiger partial charge in [-0.15, -0.1) is 0 Å². The summed E-state index contributed by atoms with van der Waals surface area (Å²) in [6, 6.07) is 9.72. The Hall–Kier alpha value is -2.34. The number of carbonyl (C=O) groups is 1. The van der Waals surface area contributed by atoms with Crippen molar-refractivity contribution in [2.75, 3.05) is 20.2 Å². The molecular formula is C18H24N4O2. The molecule has 1 aromatic heterocycles. The molecule has 6 nitrogen and oxygen atoms in total. The van der Waals surface area contributed by atoms with Gasteiger partial charge in [0.15, 0.2) is 0 Å². The van der Waals surface area contributed by atoms with Gasteiger partial charge in [-0.25, -0.2) is 9.48 Å². The van der Waals surface area contributed by atoms with E-state index in [-0.39, 0.29) is 18.1 Å². The second-order valence-electron chi connectivity index (χ2n) is 6.70. The summed E-state index contributed by atoms with van der Waals surface area (Å²) in [4.78, 5) is 14.0. The molecule has 1 aliphatic carbocycles. The van der Waals surface area contributed by atoms with Crippen LogP contribution >= 0.6 is 0 Å². The van der Waals surface area contributed by atoms with Gasteiger partial charge in [-0.05, 0) is 37.5 Å². The van der Waals surface area contributed by atoms with Crippen molar-refractivity contribution < 1.29 is 9.90 Å². The van der Waals surface area contributed by atoms with E-state index in [9.17, 15) is 9.90 Å². The molecule has 0 radical (unpaired) electrons. The minimum Gasteiger partial charge on any atom is -0.396 e. The molecule has 2 N–H and O–H groups in total. The summed E-state index contributed by atoms with van der Waals surface area (Å²) >= 11 is 0. The second kappa shape index (κ2) is 6.65. The first-order valence-electron chi connectivity index (χ1n) is 8.23. The molecule has 0 bridgehead atoms. The number of rotatable bonds is 6. The average Bonchev–Trinajstić information content (AvgIpc) is 3.23. The van der Waals surface area contributed by atoms with Crippen LogP contribution in [0, 0.1) is 12.3 Å². The molecule has 128 valence electrons. The summed E-state index contributed by atoms with van der Waals surface area (Å²) in [7, 11) is 1.77. The summed E-state index contributed by atoms with van der Waals surface area (Å²) in [5.41, 5.74) is 2.84. The number of hydrogen-bond acceptors (Lipinski definition) is 3. The molecular weight excluding hydrogens is 304 g/mol. The summed E-state index contributed by atoms with van der Waals surface area (Å²) < 4.78 is 1.82. The highest BCUT2D eigenvalue weighted by Crippen LogP contribution is 2.45. The molecule has 3 rings (SSSR count). The summed E-state index contributed by atoms with van der Waals surface area (Å²) in [6.45, 7) is 3.12. The maximum Gasteiger partial charge on any atom is 0.317 e. The highest BCUT2D eigenvalue weighted by atomic mass is 16.3. The van der Waals surface area contributed by atoms with E-state index >= 15 is 0 Å². The van der Waals surface area contributed by atoms with Crippen LogP contribution in [0.2, 0.25) is 0 Å². The lowest BCUT2D eigenvalue weighted by Gasteiger charge is -2.23. The van der Waals surface area contributed by atoms with Crippen molar-refractivity contribution in [2.24, 2.45) is 5.41 Å². The van der Waals surface area contributed by atoms with E-state index in [2.05, 4.69) is 10.4 Å².